The molecule has 0 atom stereocenters. The lowest BCUT2D eigenvalue weighted by atomic mass is 10.0. The zero-order valence-corrected chi connectivity index (χ0v) is 18.5. The standard InChI is InChI=1S/C24H25N3O3S/c1-16-20(14-22(28)27-12-6-9-18-8-3-4-11-21(18)27)23(29)26-24(25-16)31-15-17-7-5-10-19(13-17)30-2/h3-5,7-8,10-11,13H,6,9,12,14-15H2,1-2H3,(H,25,26,29). The number of aryl methyl sites for hydroxylation is 2. The van der Waals surface area contributed by atoms with Gasteiger partial charge in [-0.1, -0.05) is 42.1 Å². The number of thioether (sulfide) groups is 1. The smallest absolute Gasteiger partial charge is 0.255 e. The summed E-state index contributed by atoms with van der Waals surface area (Å²) < 4.78 is 5.25. The number of hydrogen-bond acceptors (Lipinski definition) is 5. The SMILES string of the molecule is COc1cccc(CSc2nc(C)c(CC(=O)N3CCCc4ccccc43)c(=O)[nH]2)c1. The first-order chi connectivity index (χ1) is 15.0. The van der Waals surface area contributed by atoms with Gasteiger partial charge in [0.2, 0.25) is 5.91 Å². The molecule has 1 N–H and O–H groups in total. The molecule has 0 bridgehead atoms. The average Bonchev–Trinajstić information content (AvgIpc) is 2.79. The maximum Gasteiger partial charge on any atom is 0.255 e. The minimum absolute atomic E-state index is 0.0450. The zero-order valence-electron chi connectivity index (χ0n) is 17.7. The van der Waals surface area contributed by atoms with Crippen molar-refractivity contribution in [2.45, 2.75) is 37.1 Å². The highest BCUT2D eigenvalue weighted by Gasteiger charge is 2.24. The molecule has 1 amide bonds. The first-order valence-electron chi connectivity index (χ1n) is 10.3. The number of nitrogens with zero attached hydrogens (tertiary/aromatic N) is 2. The van der Waals surface area contributed by atoms with Gasteiger partial charge in [0.25, 0.3) is 5.56 Å². The number of methoxy groups -OCH3 is 1. The van der Waals surface area contributed by atoms with Gasteiger partial charge < -0.3 is 14.6 Å². The molecule has 0 saturated carbocycles. The van der Waals surface area contributed by atoms with Crippen LogP contribution in [-0.4, -0.2) is 29.5 Å². The van der Waals surface area contributed by atoms with Crippen LogP contribution in [0.4, 0.5) is 5.69 Å². The number of rotatable bonds is 6. The third-order valence-electron chi connectivity index (χ3n) is 5.45. The van der Waals surface area contributed by atoms with Crippen LogP contribution in [0.5, 0.6) is 5.75 Å². The second kappa shape index (κ2) is 9.39. The van der Waals surface area contributed by atoms with Crippen molar-refractivity contribution in [1.29, 1.82) is 0 Å². The molecule has 0 unspecified atom stereocenters. The minimum Gasteiger partial charge on any atom is -0.497 e. The number of aromatic amines is 1. The van der Waals surface area contributed by atoms with Crippen molar-refractivity contribution in [2.24, 2.45) is 0 Å². The maximum atomic E-state index is 13.0. The van der Waals surface area contributed by atoms with Gasteiger partial charge in [-0.25, -0.2) is 4.98 Å². The summed E-state index contributed by atoms with van der Waals surface area (Å²) in [6, 6.07) is 15.8. The van der Waals surface area contributed by atoms with Crippen molar-refractivity contribution >= 4 is 23.4 Å². The van der Waals surface area contributed by atoms with Gasteiger partial charge in [-0.15, -0.1) is 0 Å². The number of benzene rings is 2. The fourth-order valence-electron chi connectivity index (χ4n) is 3.81. The van der Waals surface area contributed by atoms with Crippen LogP contribution in [0.3, 0.4) is 0 Å². The number of aromatic nitrogens is 2. The Morgan fingerprint density at radius 1 is 1.23 bits per heavy atom. The lowest BCUT2D eigenvalue weighted by Gasteiger charge is -2.29. The molecule has 2 heterocycles. The van der Waals surface area contributed by atoms with Crippen LogP contribution in [0.1, 0.15) is 28.8 Å². The first-order valence-corrected chi connectivity index (χ1v) is 11.3. The molecular formula is C24H25N3O3S. The summed E-state index contributed by atoms with van der Waals surface area (Å²) in [7, 11) is 1.64. The van der Waals surface area contributed by atoms with Crippen molar-refractivity contribution in [3.05, 3.63) is 81.3 Å². The molecule has 0 spiro atoms. The largest absolute Gasteiger partial charge is 0.497 e. The molecule has 4 rings (SSSR count). The molecule has 0 fully saturated rings. The molecule has 0 aliphatic carbocycles. The highest BCUT2D eigenvalue weighted by atomic mass is 32.2. The molecule has 1 aliphatic rings. The van der Waals surface area contributed by atoms with E-state index in [0.29, 0.717) is 28.7 Å². The molecule has 7 heteroatoms. The third-order valence-corrected chi connectivity index (χ3v) is 6.39. The molecule has 1 aliphatic heterocycles. The van der Waals surface area contributed by atoms with Crippen molar-refractivity contribution in [1.82, 2.24) is 9.97 Å². The van der Waals surface area contributed by atoms with Crippen molar-refractivity contribution in [3.63, 3.8) is 0 Å². The van der Waals surface area contributed by atoms with Crippen molar-refractivity contribution < 1.29 is 9.53 Å². The summed E-state index contributed by atoms with van der Waals surface area (Å²) in [6.07, 6.45) is 1.94. The number of carbonyl (C=O) groups is 1. The molecule has 0 saturated heterocycles. The lowest BCUT2D eigenvalue weighted by Crippen LogP contribution is -2.37. The summed E-state index contributed by atoms with van der Waals surface area (Å²) in [5.74, 6) is 1.38. The van der Waals surface area contributed by atoms with Crippen molar-refractivity contribution in [2.75, 3.05) is 18.6 Å². The average molecular weight is 436 g/mol. The van der Waals surface area contributed by atoms with Crippen LogP contribution >= 0.6 is 11.8 Å². The van der Waals surface area contributed by atoms with E-state index in [9.17, 15) is 9.59 Å². The van der Waals surface area contributed by atoms with Gasteiger partial charge in [-0.2, -0.15) is 0 Å². The van der Waals surface area contributed by atoms with Gasteiger partial charge in [0.1, 0.15) is 5.75 Å². The summed E-state index contributed by atoms with van der Waals surface area (Å²) in [4.78, 5) is 34.9. The van der Waals surface area contributed by atoms with E-state index in [1.807, 2.05) is 42.5 Å². The van der Waals surface area contributed by atoms with Gasteiger partial charge in [0.05, 0.1) is 13.5 Å². The Hall–Kier alpha value is -3.06. The zero-order chi connectivity index (χ0) is 21.8. The monoisotopic (exact) mass is 435 g/mol. The first kappa shape index (κ1) is 21.2. The van der Waals surface area contributed by atoms with E-state index in [2.05, 4.69) is 16.0 Å². The Morgan fingerprint density at radius 2 is 2.06 bits per heavy atom. The van der Waals surface area contributed by atoms with Crippen LogP contribution < -0.4 is 15.2 Å². The van der Waals surface area contributed by atoms with E-state index in [1.165, 1.54) is 17.3 Å². The summed E-state index contributed by atoms with van der Waals surface area (Å²) in [5.41, 5.74) is 3.97. The molecule has 160 valence electrons. The number of amides is 1. The number of hydrogen-bond donors (Lipinski definition) is 1. The predicted octanol–water partition coefficient (Wildman–Crippen LogP) is 3.90. The number of ether oxygens (including phenoxy) is 1. The summed E-state index contributed by atoms with van der Waals surface area (Å²) >= 11 is 1.45. The Balaban J connectivity index is 1.48. The van der Waals surface area contributed by atoms with Gasteiger partial charge in [-0.3, -0.25) is 9.59 Å². The Labute approximate surface area is 185 Å². The topological polar surface area (TPSA) is 75.3 Å². The highest BCUT2D eigenvalue weighted by Crippen LogP contribution is 2.27. The minimum atomic E-state index is -0.251. The molecule has 1 aromatic heterocycles. The van der Waals surface area contributed by atoms with Crippen LogP contribution in [0.2, 0.25) is 0 Å². The molecular weight excluding hydrogens is 410 g/mol. The Bertz CT molecular complexity index is 1160. The number of carbonyl (C=O) groups excluding carboxylic acids is 1. The normalized spacial score (nSPS) is 13.0. The maximum absolute atomic E-state index is 13.0. The van der Waals surface area contributed by atoms with E-state index >= 15 is 0 Å². The number of para-hydroxylation sites is 1. The summed E-state index contributed by atoms with van der Waals surface area (Å²) in [6.45, 7) is 2.46. The number of nitrogens with one attached hydrogen (secondary N) is 1. The van der Waals surface area contributed by atoms with Crippen LogP contribution in [0.15, 0.2) is 58.5 Å². The molecule has 3 aromatic rings. The van der Waals surface area contributed by atoms with Gasteiger partial charge in [0.15, 0.2) is 5.16 Å². The van der Waals surface area contributed by atoms with E-state index in [1.54, 1.807) is 18.9 Å². The highest BCUT2D eigenvalue weighted by molar-refractivity contribution is 7.98. The molecule has 31 heavy (non-hydrogen) atoms. The predicted molar refractivity (Wildman–Crippen MR) is 123 cm³/mol. The number of fused-ring (bicyclic) bond motifs is 1. The van der Waals surface area contributed by atoms with Crippen LogP contribution in [-0.2, 0) is 23.4 Å². The second-order valence-electron chi connectivity index (χ2n) is 7.53. The van der Waals surface area contributed by atoms with Crippen LogP contribution in [0, 0.1) is 6.92 Å². The Morgan fingerprint density at radius 3 is 2.87 bits per heavy atom. The third kappa shape index (κ3) is 4.82. The fraction of sp³-hybridized carbons (Fsp3) is 0.292. The van der Waals surface area contributed by atoms with Crippen molar-refractivity contribution in [3.8, 4) is 5.75 Å². The molecule has 0 radical (unpaired) electrons. The van der Waals surface area contributed by atoms with Gasteiger partial charge in [-0.05, 0) is 49.1 Å². The Kier molecular flexibility index (Phi) is 6.42. The van der Waals surface area contributed by atoms with Gasteiger partial charge in [0, 0.05) is 29.2 Å². The quantitative estimate of drug-likeness (QED) is 0.469. The van der Waals surface area contributed by atoms with E-state index in [0.717, 1.165) is 29.8 Å². The van der Waals surface area contributed by atoms with E-state index in [4.69, 9.17) is 4.74 Å². The van der Waals surface area contributed by atoms with E-state index < -0.39 is 0 Å². The lowest BCUT2D eigenvalue weighted by molar-refractivity contribution is -0.118. The van der Waals surface area contributed by atoms with E-state index in [-0.39, 0.29) is 17.9 Å². The summed E-state index contributed by atoms with van der Waals surface area (Å²) in [5, 5.41) is 0.546. The number of H-pyrrole nitrogens is 1. The fourth-order valence-corrected chi connectivity index (χ4v) is 4.66. The number of anilines is 1. The molecule has 6 nitrogen and oxygen atoms in total. The van der Waals surface area contributed by atoms with Crippen LogP contribution in [0.25, 0.3) is 0 Å². The molecule has 2 aromatic carbocycles. The van der Waals surface area contributed by atoms with Gasteiger partial charge >= 0.3 is 0 Å². The second-order valence-corrected chi connectivity index (χ2v) is 8.49.